The van der Waals surface area contributed by atoms with Crippen molar-refractivity contribution in [2.24, 2.45) is 0 Å². The number of aromatic nitrogens is 1. The molecule has 0 radical (unpaired) electrons. The fourth-order valence-electron chi connectivity index (χ4n) is 1.22. The summed E-state index contributed by atoms with van der Waals surface area (Å²) in [5.74, 6) is -2.19. The monoisotopic (exact) mass is 244 g/mol. The average molecular weight is 244 g/mol. The number of halogens is 3. The fraction of sp³-hybridized carbons (Fsp3) is 0.300. The van der Waals surface area contributed by atoms with Crippen LogP contribution in [0, 0.1) is 17.1 Å². The Labute approximate surface area is 94.6 Å². The van der Waals surface area contributed by atoms with Gasteiger partial charge in [-0.3, -0.25) is 4.79 Å². The molecule has 0 amide bonds. The summed E-state index contributed by atoms with van der Waals surface area (Å²) in [4.78, 5) is 14.3. The third-order valence-corrected chi connectivity index (χ3v) is 2.03. The summed E-state index contributed by atoms with van der Waals surface area (Å²) >= 11 is 0. The Bertz CT molecular complexity index is 483. The quantitative estimate of drug-likeness (QED) is 0.760. The highest BCUT2D eigenvalue weighted by Crippen LogP contribution is 2.27. The van der Waals surface area contributed by atoms with Crippen molar-refractivity contribution in [3.8, 4) is 6.07 Å². The highest BCUT2D eigenvalue weighted by molar-refractivity contribution is 5.72. The third kappa shape index (κ3) is 2.72. The van der Waals surface area contributed by atoms with Crippen molar-refractivity contribution in [2.45, 2.75) is 12.8 Å². The molecule has 1 heterocycles. The second-order valence-corrected chi connectivity index (χ2v) is 3.03. The molecule has 17 heavy (non-hydrogen) atoms. The summed E-state index contributed by atoms with van der Waals surface area (Å²) in [5.41, 5.74) is -2.00. The Morgan fingerprint density at radius 3 is 2.76 bits per heavy atom. The van der Waals surface area contributed by atoms with Crippen LogP contribution in [0.2, 0.25) is 0 Å². The number of methoxy groups -OCH3 is 1. The van der Waals surface area contributed by atoms with Gasteiger partial charge in [0, 0.05) is 6.20 Å². The summed E-state index contributed by atoms with van der Waals surface area (Å²) < 4.78 is 43.0. The number of nitriles is 1. The number of alkyl halides is 2. The lowest BCUT2D eigenvalue weighted by Crippen LogP contribution is -2.10. The molecule has 0 saturated carbocycles. The predicted molar refractivity (Wildman–Crippen MR) is 49.6 cm³/mol. The van der Waals surface area contributed by atoms with E-state index in [4.69, 9.17) is 5.26 Å². The smallest absolute Gasteiger partial charge is 0.310 e. The number of carbonyl (C=O) groups excluding carboxylic acids is 1. The number of ether oxygens (including phenoxy) is 1. The first kappa shape index (κ1) is 13.0. The van der Waals surface area contributed by atoms with Crippen molar-refractivity contribution in [1.82, 2.24) is 4.98 Å². The van der Waals surface area contributed by atoms with Gasteiger partial charge in [0.1, 0.15) is 6.07 Å². The molecular weight excluding hydrogens is 237 g/mol. The molecule has 0 aromatic carbocycles. The van der Waals surface area contributed by atoms with Crippen LogP contribution in [0.5, 0.6) is 0 Å². The summed E-state index contributed by atoms with van der Waals surface area (Å²) in [5, 5.41) is 8.45. The zero-order chi connectivity index (χ0) is 13.0. The fourth-order valence-corrected chi connectivity index (χ4v) is 1.22. The van der Waals surface area contributed by atoms with Crippen LogP contribution in [-0.2, 0) is 16.0 Å². The van der Waals surface area contributed by atoms with Gasteiger partial charge in [-0.2, -0.15) is 5.26 Å². The molecule has 0 bridgehead atoms. The van der Waals surface area contributed by atoms with Gasteiger partial charge < -0.3 is 4.74 Å². The minimum atomic E-state index is -3.13. The molecule has 0 N–H and O–H groups in total. The standard InChI is InChI=1S/C10H7F3N2O2/c1-17-7(16)2-5-4-15-6(3-14)9(11)8(5)10(12)13/h4,10H,2H2,1H3. The largest absolute Gasteiger partial charge is 0.469 e. The molecule has 1 rings (SSSR count). The van der Waals surface area contributed by atoms with Crippen molar-refractivity contribution in [3.63, 3.8) is 0 Å². The van der Waals surface area contributed by atoms with Crippen LogP contribution in [0.4, 0.5) is 13.2 Å². The van der Waals surface area contributed by atoms with E-state index >= 15 is 0 Å². The zero-order valence-corrected chi connectivity index (χ0v) is 8.71. The number of rotatable bonds is 3. The molecule has 7 heteroatoms. The molecule has 0 spiro atoms. The average Bonchev–Trinajstić information content (AvgIpc) is 2.28. The first-order valence-corrected chi connectivity index (χ1v) is 4.43. The van der Waals surface area contributed by atoms with E-state index < -0.39 is 35.9 Å². The van der Waals surface area contributed by atoms with Gasteiger partial charge in [-0.05, 0) is 5.56 Å². The van der Waals surface area contributed by atoms with Crippen LogP contribution in [0.25, 0.3) is 0 Å². The van der Waals surface area contributed by atoms with Gasteiger partial charge in [-0.1, -0.05) is 0 Å². The van der Waals surface area contributed by atoms with Crippen LogP contribution in [0.3, 0.4) is 0 Å². The van der Waals surface area contributed by atoms with Crippen molar-refractivity contribution in [3.05, 3.63) is 28.8 Å². The number of carbonyl (C=O) groups is 1. The first-order valence-electron chi connectivity index (χ1n) is 4.43. The van der Waals surface area contributed by atoms with Crippen LogP contribution in [0.1, 0.15) is 23.2 Å². The van der Waals surface area contributed by atoms with Crippen molar-refractivity contribution >= 4 is 5.97 Å². The lowest BCUT2D eigenvalue weighted by atomic mass is 10.1. The highest BCUT2D eigenvalue weighted by atomic mass is 19.3. The normalized spacial score (nSPS) is 10.1. The maximum Gasteiger partial charge on any atom is 0.310 e. The lowest BCUT2D eigenvalue weighted by molar-refractivity contribution is -0.139. The van der Waals surface area contributed by atoms with Crippen LogP contribution >= 0.6 is 0 Å². The maximum atomic E-state index is 13.4. The molecule has 0 aliphatic carbocycles. The van der Waals surface area contributed by atoms with Gasteiger partial charge in [-0.25, -0.2) is 18.2 Å². The van der Waals surface area contributed by atoms with Crippen LogP contribution in [0.15, 0.2) is 6.20 Å². The van der Waals surface area contributed by atoms with Gasteiger partial charge in [0.2, 0.25) is 0 Å². The molecule has 90 valence electrons. The Hall–Kier alpha value is -2.10. The molecule has 1 aromatic heterocycles. The highest BCUT2D eigenvalue weighted by Gasteiger charge is 2.23. The molecule has 1 aromatic rings. The number of pyridine rings is 1. The van der Waals surface area contributed by atoms with Gasteiger partial charge in [0.05, 0.1) is 19.1 Å². The number of hydrogen-bond donors (Lipinski definition) is 0. The molecule has 0 atom stereocenters. The Morgan fingerprint density at radius 2 is 2.29 bits per heavy atom. The number of hydrogen-bond acceptors (Lipinski definition) is 4. The minimum absolute atomic E-state index is 0.289. The molecule has 0 fully saturated rings. The van der Waals surface area contributed by atoms with Gasteiger partial charge in [-0.15, -0.1) is 0 Å². The second kappa shape index (κ2) is 5.30. The topological polar surface area (TPSA) is 63.0 Å². The van der Waals surface area contributed by atoms with Gasteiger partial charge in [0.25, 0.3) is 6.43 Å². The summed E-state index contributed by atoms with van der Waals surface area (Å²) in [7, 11) is 1.08. The molecular formula is C10H7F3N2O2. The Balaban J connectivity index is 3.27. The Morgan fingerprint density at radius 1 is 1.65 bits per heavy atom. The number of esters is 1. The minimum Gasteiger partial charge on any atom is -0.469 e. The molecule has 0 unspecified atom stereocenters. The van der Waals surface area contributed by atoms with Crippen molar-refractivity contribution in [2.75, 3.05) is 7.11 Å². The van der Waals surface area contributed by atoms with E-state index in [1.165, 1.54) is 6.07 Å². The molecule has 4 nitrogen and oxygen atoms in total. The summed E-state index contributed by atoms with van der Waals surface area (Å²) in [6.45, 7) is 0. The maximum absolute atomic E-state index is 13.4. The van der Waals surface area contributed by atoms with Gasteiger partial charge in [0.15, 0.2) is 11.5 Å². The van der Waals surface area contributed by atoms with Crippen molar-refractivity contribution < 1.29 is 22.7 Å². The summed E-state index contributed by atoms with van der Waals surface area (Å²) in [6, 6.07) is 1.35. The van der Waals surface area contributed by atoms with E-state index in [-0.39, 0.29) is 5.56 Å². The van der Waals surface area contributed by atoms with E-state index in [0.29, 0.717) is 0 Å². The SMILES string of the molecule is COC(=O)Cc1cnc(C#N)c(F)c1C(F)F. The van der Waals surface area contributed by atoms with E-state index in [2.05, 4.69) is 9.72 Å². The molecule has 0 saturated heterocycles. The first-order chi connectivity index (χ1) is 8.01. The molecule has 0 aliphatic heterocycles. The predicted octanol–water partition coefficient (Wildman–Crippen LogP) is 1.75. The third-order valence-electron chi connectivity index (χ3n) is 2.03. The van der Waals surface area contributed by atoms with E-state index in [9.17, 15) is 18.0 Å². The van der Waals surface area contributed by atoms with Crippen molar-refractivity contribution in [1.29, 1.82) is 5.26 Å². The molecule has 0 aliphatic rings. The summed E-state index contributed by atoms with van der Waals surface area (Å²) in [6.07, 6.45) is -2.78. The van der Waals surface area contributed by atoms with E-state index in [0.717, 1.165) is 13.3 Å². The van der Waals surface area contributed by atoms with Gasteiger partial charge >= 0.3 is 5.97 Å². The number of nitrogens with zero attached hydrogens (tertiary/aromatic N) is 2. The lowest BCUT2D eigenvalue weighted by Gasteiger charge is -2.09. The van der Waals surface area contributed by atoms with E-state index in [1.54, 1.807) is 0 Å². The zero-order valence-electron chi connectivity index (χ0n) is 8.71. The van der Waals surface area contributed by atoms with Crippen LogP contribution in [-0.4, -0.2) is 18.1 Å². The Kier molecular flexibility index (Phi) is 4.04. The van der Waals surface area contributed by atoms with E-state index in [1.807, 2.05) is 0 Å². The second-order valence-electron chi connectivity index (χ2n) is 3.03. The van der Waals surface area contributed by atoms with Crippen LogP contribution < -0.4 is 0 Å².